The first-order chi connectivity index (χ1) is 12.3. The van der Waals surface area contributed by atoms with Crippen LogP contribution >= 0.6 is 0 Å². The lowest BCUT2D eigenvalue weighted by molar-refractivity contribution is 0.514. The average molecular weight is 324 g/mol. The second kappa shape index (κ2) is 6.40. The average Bonchev–Trinajstić information content (AvgIpc) is 3.19. The topological polar surface area (TPSA) is 17.8 Å². The van der Waals surface area contributed by atoms with E-state index >= 15 is 0 Å². The third kappa shape index (κ3) is 2.56. The minimum Gasteiger partial charge on any atom is -0.319 e. The molecule has 0 aliphatic heterocycles. The number of aromatic nitrogens is 2. The van der Waals surface area contributed by atoms with Crippen molar-refractivity contribution in [2.45, 2.75) is 12.5 Å². The first-order valence-electron chi connectivity index (χ1n) is 8.48. The zero-order valence-electron chi connectivity index (χ0n) is 14.2. The van der Waals surface area contributed by atoms with Crippen molar-refractivity contribution in [2.75, 3.05) is 0 Å². The molecular formula is C23H20N2. The van der Waals surface area contributed by atoms with Crippen LogP contribution in [0, 0.1) is 6.92 Å². The Hall–Kier alpha value is -3.13. The highest BCUT2D eigenvalue weighted by Gasteiger charge is 2.37. The van der Waals surface area contributed by atoms with Crippen LogP contribution in [0.4, 0.5) is 0 Å². The molecule has 0 aliphatic rings. The number of hydrogen-bond acceptors (Lipinski definition) is 1. The van der Waals surface area contributed by atoms with E-state index in [9.17, 15) is 0 Å². The number of nitrogens with zero attached hydrogens (tertiary/aromatic N) is 2. The largest absolute Gasteiger partial charge is 0.319 e. The van der Waals surface area contributed by atoms with Crippen molar-refractivity contribution in [1.29, 1.82) is 0 Å². The van der Waals surface area contributed by atoms with Gasteiger partial charge in [0.1, 0.15) is 5.54 Å². The van der Waals surface area contributed by atoms with E-state index in [4.69, 9.17) is 0 Å². The van der Waals surface area contributed by atoms with Gasteiger partial charge in [-0.1, -0.05) is 90.5 Å². The fourth-order valence-corrected chi connectivity index (χ4v) is 3.63. The molecule has 0 saturated carbocycles. The summed E-state index contributed by atoms with van der Waals surface area (Å²) < 4.78 is 2.20. The molecule has 3 aromatic carbocycles. The summed E-state index contributed by atoms with van der Waals surface area (Å²) in [6, 6.07) is 30.0. The Morgan fingerprint density at radius 3 is 1.84 bits per heavy atom. The van der Waals surface area contributed by atoms with Crippen LogP contribution in [0.25, 0.3) is 0 Å². The SMILES string of the molecule is Cc1cccc(C(c2ccccc2)(c2ccccc2)n2ccnc2)c1. The van der Waals surface area contributed by atoms with Crippen LogP contribution < -0.4 is 0 Å². The van der Waals surface area contributed by atoms with E-state index in [2.05, 4.69) is 101 Å². The van der Waals surface area contributed by atoms with E-state index < -0.39 is 5.54 Å². The highest BCUT2D eigenvalue weighted by atomic mass is 15.1. The zero-order chi connectivity index (χ0) is 17.1. The second-order valence-corrected chi connectivity index (χ2v) is 6.28. The maximum absolute atomic E-state index is 4.35. The summed E-state index contributed by atoms with van der Waals surface area (Å²) in [7, 11) is 0. The Bertz CT molecular complexity index is 902. The molecule has 0 fully saturated rings. The number of benzene rings is 3. The number of hydrogen-bond donors (Lipinski definition) is 0. The summed E-state index contributed by atoms with van der Waals surface area (Å²) in [6.07, 6.45) is 5.79. The van der Waals surface area contributed by atoms with Crippen molar-refractivity contribution in [3.8, 4) is 0 Å². The van der Waals surface area contributed by atoms with Crippen LogP contribution in [0.1, 0.15) is 22.3 Å². The van der Waals surface area contributed by atoms with Gasteiger partial charge in [0.15, 0.2) is 0 Å². The molecule has 122 valence electrons. The highest BCUT2D eigenvalue weighted by molar-refractivity contribution is 5.51. The Morgan fingerprint density at radius 1 is 0.720 bits per heavy atom. The molecule has 0 bridgehead atoms. The van der Waals surface area contributed by atoms with Crippen LogP contribution in [-0.4, -0.2) is 9.55 Å². The molecule has 0 atom stereocenters. The highest BCUT2D eigenvalue weighted by Crippen LogP contribution is 2.40. The predicted octanol–water partition coefficient (Wildman–Crippen LogP) is 5.03. The number of imidazole rings is 1. The Balaban J connectivity index is 2.13. The van der Waals surface area contributed by atoms with Gasteiger partial charge in [-0.3, -0.25) is 0 Å². The van der Waals surface area contributed by atoms with E-state index in [1.165, 1.54) is 22.3 Å². The van der Waals surface area contributed by atoms with E-state index in [0.29, 0.717) is 0 Å². The van der Waals surface area contributed by atoms with Gasteiger partial charge in [0.25, 0.3) is 0 Å². The van der Waals surface area contributed by atoms with Crippen molar-refractivity contribution in [1.82, 2.24) is 9.55 Å². The normalized spacial score (nSPS) is 11.4. The van der Waals surface area contributed by atoms with Gasteiger partial charge in [-0.15, -0.1) is 0 Å². The standard InChI is InChI=1S/C23H20N2/c1-19-9-8-14-22(17-19)23(25-16-15-24-18-25,20-10-4-2-5-11-20)21-12-6-3-7-13-21/h2-18H,1H3. The first-order valence-corrected chi connectivity index (χ1v) is 8.48. The molecule has 4 aromatic rings. The van der Waals surface area contributed by atoms with Crippen molar-refractivity contribution in [2.24, 2.45) is 0 Å². The molecule has 0 radical (unpaired) electrons. The quantitative estimate of drug-likeness (QED) is 0.481. The van der Waals surface area contributed by atoms with Gasteiger partial charge in [-0.05, 0) is 23.6 Å². The Kier molecular flexibility index (Phi) is 3.95. The fourth-order valence-electron chi connectivity index (χ4n) is 3.63. The maximum atomic E-state index is 4.35. The van der Waals surface area contributed by atoms with E-state index in [-0.39, 0.29) is 0 Å². The van der Waals surface area contributed by atoms with Gasteiger partial charge in [0, 0.05) is 12.4 Å². The molecule has 0 saturated heterocycles. The summed E-state index contributed by atoms with van der Waals surface area (Å²) in [6.45, 7) is 2.14. The lowest BCUT2D eigenvalue weighted by Gasteiger charge is -2.37. The maximum Gasteiger partial charge on any atom is 0.121 e. The molecule has 0 N–H and O–H groups in total. The molecule has 25 heavy (non-hydrogen) atoms. The molecule has 0 aliphatic carbocycles. The van der Waals surface area contributed by atoms with Crippen LogP contribution in [0.15, 0.2) is 104 Å². The van der Waals surface area contributed by atoms with Crippen LogP contribution in [-0.2, 0) is 5.54 Å². The van der Waals surface area contributed by atoms with Crippen LogP contribution in [0.3, 0.4) is 0 Å². The molecule has 0 amide bonds. The summed E-state index contributed by atoms with van der Waals surface area (Å²) in [5, 5.41) is 0. The molecule has 1 aromatic heterocycles. The second-order valence-electron chi connectivity index (χ2n) is 6.28. The Morgan fingerprint density at radius 2 is 1.32 bits per heavy atom. The lowest BCUT2D eigenvalue weighted by atomic mass is 9.76. The van der Waals surface area contributed by atoms with Crippen LogP contribution in [0.5, 0.6) is 0 Å². The van der Waals surface area contributed by atoms with Gasteiger partial charge < -0.3 is 4.57 Å². The summed E-state index contributed by atoms with van der Waals surface area (Å²) in [4.78, 5) is 4.35. The Labute approximate surface area is 148 Å². The van der Waals surface area contributed by atoms with Crippen molar-refractivity contribution in [3.05, 3.63) is 126 Å². The summed E-state index contributed by atoms with van der Waals surface area (Å²) >= 11 is 0. The molecule has 0 spiro atoms. The summed E-state index contributed by atoms with van der Waals surface area (Å²) in [5.41, 5.74) is 4.44. The molecule has 2 nitrogen and oxygen atoms in total. The van der Waals surface area contributed by atoms with Gasteiger partial charge in [0.05, 0.1) is 6.33 Å². The van der Waals surface area contributed by atoms with Gasteiger partial charge >= 0.3 is 0 Å². The molecule has 1 heterocycles. The fraction of sp³-hybridized carbons (Fsp3) is 0.0870. The molecule has 4 rings (SSSR count). The third-order valence-corrected chi connectivity index (χ3v) is 4.71. The van der Waals surface area contributed by atoms with Crippen molar-refractivity contribution >= 4 is 0 Å². The molecular weight excluding hydrogens is 304 g/mol. The van der Waals surface area contributed by atoms with E-state index in [0.717, 1.165) is 0 Å². The van der Waals surface area contributed by atoms with Crippen molar-refractivity contribution in [3.63, 3.8) is 0 Å². The molecule has 2 heteroatoms. The minimum atomic E-state index is -0.453. The van der Waals surface area contributed by atoms with Crippen molar-refractivity contribution < 1.29 is 0 Å². The van der Waals surface area contributed by atoms with E-state index in [1.54, 1.807) is 0 Å². The van der Waals surface area contributed by atoms with Gasteiger partial charge in [-0.2, -0.15) is 0 Å². The monoisotopic (exact) mass is 324 g/mol. The van der Waals surface area contributed by atoms with E-state index in [1.807, 2.05) is 18.7 Å². The minimum absolute atomic E-state index is 0.453. The molecule has 0 unspecified atom stereocenters. The zero-order valence-corrected chi connectivity index (χ0v) is 14.2. The summed E-state index contributed by atoms with van der Waals surface area (Å²) in [5.74, 6) is 0. The third-order valence-electron chi connectivity index (χ3n) is 4.71. The van der Waals surface area contributed by atoms with Gasteiger partial charge in [-0.25, -0.2) is 4.98 Å². The number of rotatable bonds is 4. The lowest BCUT2D eigenvalue weighted by Crippen LogP contribution is -2.37. The van der Waals surface area contributed by atoms with Crippen LogP contribution in [0.2, 0.25) is 0 Å². The predicted molar refractivity (Wildman–Crippen MR) is 102 cm³/mol. The van der Waals surface area contributed by atoms with Gasteiger partial charge in [0.2, 0.25) is 0 Å². The number of aryl methyl sites for hydroxylation is 1. The smallest absolute Gasteiger partial charge is 0.121 e. The first kappa shape index (κ1) is 15.4.